The molecule has 2 heterocycles. The van der Waals surface area contributed by atoms with Gasteiger partial charge in [0, 0.05) is 18.4 Å². The van der Waals surface area contributed by atoms with Crippen LogP contribution in [-0.2, 0) is 16.1 Å². The molecule has 1 amide bonds. The van der Waals surface area contributed by atoms with Gasteiger partial charge in [-0.25, -0.2) is 14.8 Å². The molecule has 0 aliphatic heterocycles. The van der Waals surface area contributed by atoms with Crippen molar-refractivity contribution in [2.24, 2.45) is 0 Å². The van der Waals surface area contributed by atoms with E-state index in [9.17, 15) is 14.7 Å². The number of aryl methyl sites for hydroxylation is 1. The largest absolute Gasteiger partial charge is 0.505 e. The van der Waals surface area contributed by atoms with E-state index in [-0.39, 0.29) is 29.3 Å². The van der Waals surface area contributed by atoms with E-state index >= 15 is 0 Å². The van der Waals surface area contributed by atoms with Gasteiger partial charge < -0.3 is 19.7 Å². The molecule has 0 saturated heterocycles. The Morgan fingerprint density at radius 2 is 1.70 bits per heavy atom. The lowest BCUT2D eigenvalue weighted by Gasteiger charge is -2.11. The summed E-state index contributed by atoms with van der Waals surface area (Å²) in [5.41, 5.74) is 4.16. The number of esters is 1. The minimum Gasteiger partial charge on any atom is -0.505 e. The molecule has 3 aromatic carbocycles. The number of phenols is 1. The third-order valence-electron chi connectivity index (χ3n) is 5.54. The monoisotopic (exact) mass is 440 g/mol. The first kappa shape index (κ1) is 20.4. The number of rotatable bonds is 5. The molecular weight excluding hydrogens is 420 g/mol. The van der Waals surface area contributed by atoms with Crippen molar-refractivity contribution < 1.29 is 19.4 Å². The summed E-state index contributed by atoms with van der Waals surface area (Å²) in [6.07, 6.45) is 0.129. The molecule has 5 rings (SSSR count). The summed E-state index contributed by atoms with van der Waals surface area (Å²) in [6.45, 7) is 0.361. The number of aromatic hydroxyl groups is 1. The molecule has 0 fully saturated rings. The Hall–Kier alpha value is -4.46. The summed E-state index contributed by atoms with van der Waals surface area (Å²) >= 11 is 0. The van der Waals surface area contributed by atoms with Crippen molar-refractivity contribution in [3.8, 4) is 5.75 Å². The molecule has 0 spiro atoms. The highest BCUT2D eigenvalue weighted by Crippen LogP contribution is 2.30. The third kappa shape index (κ3) is 3.61. The molecule has 2 N–H and O–H groups in total. The first-order valence-electron chi connectivity index (χ1n) is 10.4. The van der Waals surface area contributed by atoms with Gasteiger partial charge >= 0.3 is 5.97 Å². The highest BCUT2D eigenvalue weighted by molar-refractivity contribution is 6.06. The standard InChI is InChI=1S/C25H20N4O4/c1-33-25(32)16-8-6-11-19(23(16)31)26-21(30)13-14-29-20-12-5-2-7-15(20)22-24(29)28-18-10-4-3-9-17(18)27-22/h2-12,31H,13-14H2,1H3,(H,26,30). The van der Waals surface area contributed by atoms with E-state index in [2.05, 4.69) is 10.1 Å². The van der Waals surface area contributed by atoms with Gasteiger partial charge in [-0.05, 0) is 30.3 Å². The number of carbonyl (C=O) groups excluding carboxylic acids is 2. The predicted molar refractivity (Wildman–Crippen MR) is 125 cm³/mol. The van der Waals surface area contributed by atoms with Gasteiger partial charge in [-0.15, -0.1) is 0 Å². The van der Waals surface area contributed by atoms with Crippen molar-refractivity contribution in [2.75, 3.05) is 12.4 Å². The molecule has 8 heteroatoms. The van der Waals surface area contributed by atoms with Gasteiger partial charge in [-0.2, -0.15) is 0 Å². The second-order valence-electron chi connectivity index (χ2n) is 7.54. The third-order valence-corrected chi connectivity index (χ3v) is 5.54. The minimum absolute atomic E-state index is 0.0140. The predicted octanol–water partition coefficient (Wildman–Crippen LogP) is 4.26. The molecule has 8 nitrogen and oxygen atoms in total. The SMILES string of the molecule is COC(=O)c1cccc(NC(=O)CCn2c3ccccc3c3nc4ccccc4nc32)c1O. The van der Waals surface area contributed by atoms with Crippen LogP contribution in [0.1, 0.15) is 16.8 Å². The van der Waals surface area contributed by atoms with Crippen LogP contribution in [0.4, 0.5) is 5.69 Å². The molecule has 5 aromatic rings. The molecular formula is C25H20N4O4. The molecule has 164 valence electrons. The van der Waals surface area contributed by atoms with E-state index in [0.29, 0.717) is 12.2 Å². The lowest BCUT2D eigenvalue weighted by atomic mass is 10.1. The Morgan fingerprint density at radius 3 is 2.48 bits per heavy atom. The van der Waals surface area contributed by atoms with Crippen molar-refractivity contribution in [1.82, 2.24) is 14.5 Å². The van der Waals surface area contributed by atoms with Crippen LogP contribution in [0.3, 0.4) is 0 Å². The first-order valence-corrected chi connectivity index (χ1v) is 10.4. The van der Waals surface area contributed by atoms with E-state index in [0.717, 1.165) is 27.5 Å². The lowest BCUT2D eigenvalue weighted by molar-refractivity contribution is -0.116. The zero-order valence-corrected chi connectivity index (χ0v) is 17.8. The first-order chi connectivity index (χ1) is 16.1. The van der Waals surface area contributed by atoms with Crippen LogP contribution in [-0.4, -0.2) is 38.6 Å². The van der Waals surface area contributed by atoms with Crippen LogP contribution in [0, 0.1) is 0 Å². The van der Waals surface area contributed by atoms with Gasteiger partial charge in [0.1, 0.15) is 11.1 Å². The average Bonchev–Trinajstić information content (AvgIpc) is 3.14. The van der Waals surface area contributed by atoms with Crippen LogP contribution in [0.5, 0.6) is 5.75 Å². The van der Waals surface area contributed by atoms with Crippen molar-refractivity contribution in [1.29, 1.82) is 0 Å². The molecule has 0 atom stereocenters. The Bertz CT molecular complexity index is 1540. The highest BCUT2D eigenvalue weighted by atomic mass is 16.5. The number of benzene rings is 3. The summed E-state index contributed by atoms with van der Waals surface area (Å²) in [5.74, 6) is -1.32. The molecule has 0 bridgehead atoms. The number of anilines is 1. The number of para-hydroxylation sites is 4. The number of ether oxygens (including phenoxy) is 1. The van der Waals surface area contributed by atoms with Crippen LogP contribution < -0.4 is 5.32 Å². The van der Waals surface area contributed by atoms with E-state index < -0.39 is 5.97 Å². The summed E-state index contributed by atoms with van der Waals surface area (Å²) in [6, 6.07) is 20.1. The summed E-state index contributed by atoms with van der Waals surface area (Å²) in [7, 11) is 1.23. The number of nitrogens with one attached hydrogen (secondary N) is 1. The average molecular weight is 440 g/mol. The molecule has 0 unspecified atom stereocenters. The lowest BCUT2D eigenvalue weighted by Crippen LogP contribution is -2.15. The quantitative estimate of drug-likeness (QED) is 0.312. The topological polar surface area (TPSA) is 106 Å². The molecule has 0 aliphatic carbocycles. The molecule has 2 aromatic heterocycles. The normalized spacial score (nSPS) is 11.2. The Morgan fingerprint density at radius 1 is 0.970 bits per heavy atom. The molecule has 0 saturated carbocycles. The number of methoxy groups -OCH3 is 1. The fraction of sp³-hybridized carbons (Fsp3) is 0.120. The Kier molecular flexibility index (Phi) is 5.10. The number of nitrogens with zero attached hydrogens (tertiary/aromatic N) is 3. The van der Waals surface area contributed by atoms with Gasteiger partial charge in [-0.1, -0.05) is 36.4 Å². The van der Waals surface area contributed by atoms with Gasteiger partial charge in [0.05, 0.1) is 29.3 Å². The number of aromatic nitrogens is 3. The Labute approximate surface area is 188 Å². The van der Waals surface area contributed by atoms with Crippen molar-refractivity contribution in [3.63, 3.8) is 0 Å². The summed E-state index contributed by atoms with van der Waals surface area (Å²) in [5, 5.41) is 14.0. The fourth-order valence-corrected chi connectivity index (χ4v) is 3.95. The maximum absolute atomic E-state index is 12.7. The van der Waals surface area contributed by atoms with Gasteiger partial charge in [-0.3, -0.25) is 4.79 Å². The fourth-order valence-electron chi connectivity index (χ4n) is 3.95. The maximum Gasteiger partial charge on any atom is 0.341 e. The van der Waals surface area contributed by atoms with Crippen LogP contribution in [0.2, 0.25) is 0 Å². The van der Waals surface area contributed by atoms with Crippen molar-refractivity contribution in [2.45, 2.75) is 13.0 Å². The number of carbonyl (C=O) groups is 2. The minimum atomic E-state index is -0.681. The van der Waals surface area contributed by atoms with E-state index in [1.807, 2.05) is 53.1 Å². The van der Waals surface area contributed by atoms with E-state index in [4.69, 9.17) is 9.97 Å². The van der Waals surface area contributed by atoms with Crippen molar-refractivity contribution >= 4 is 50.7 Å². The number of hydrogen-bond donors (Lipinski definition) is 2. The van der Waals surface area contributed by atoms with Gasteiger partial charge in [0.25, 0.3) is 0 Å². The second-order valence-corrected chi connectivity index (χ2v) is 7.54. The number of hydrogen-bond acceptors (Lipinski definition) is 6. The van der Waals surface area contributed by atoms with E-state index in [1.165, 1.54) is 19.2 Å². The number of fused-ring (bicyclic) bond motifs is 4. The molecule has 33 heavy (non-hydrogen) atoms. The molecule has 0 radical (unpaired) electrons. The highest BCUT2D eigenvalue weighted by Gasteiger charge is 2.18. The summed E-state index contributed by atoms with van der Waals surface area (Å²) < 4.78 is 6.64. The van der Waals surface area contributed by atoms with E-state index in [1.54, 1.807) is 6.07 Å². The molecule has 0 aliphatic rings. The van der Waals surface area contributed by atoms with Gasteiger partial charge in [0.15, 0.2) is 11.4 Å². The smallest absolute Gasteiger partial charge is 0.341 e. The second kappa shape index (κ2) is 8.23. The van der Waals surface area contributed by atoms with Crippen LogP contribution >= 0.6 is 0 Å². The van der Waals surface area contributed by atoms with Crippen LogP contribution in [0.25, 0.3) is 33.1 Å². The Balaban J connectivity index is 1.45. The van der Waals surface area contributed by atoms with Gasteiger partial charge in [0.2, 0.25) is 5.91 Å². The van der Waals surface area contributed by atoms with Crippen LogP contribution in [0.15, 0.2) is 66.7 Å². The van der Waals surface area contributed by atoms with Crippen molar-refractivity contribution in [3.05, 3.63) is 72.3 Å². The zero-order chi connectivity index (χ0) is 22.9. The number of amides is 1. The summed E-state index contributed by atoms with van der Waals surface area (Å²) in [4.78, 5) is 34.1. The zero-order valence-electron chi connectivity index (χ0n) is 17.8. The maximum atomic E-state index is 12.7. The number of phenolic OH excluding ortho intramolecular Hbond substituents is 1.